The molecule has 0 saturated carbocycles. The van der Waals surface area contributed by atoms with Gasteiger partial charge in [-0.3, -0.25) is 9.78 Å². The Kier molecular flexibility index (Phi) is 6.75. The lowest BCUT2D eigenvalue weighted by Crippen LogP contribution is -2.36. The predicted octanol–water partition coefficient (Wildman–Crippen LogP) is -0.286. The quantitative estimate of drug-likeness (QED) is 0.466. The zero-order valence-electron chi connectivity index (χ0n) is 10.9. The lowest BCUT2D eigenvalue weighted by Gasteiger charge is -2.19. The van der Waals surface area contributed by atoms with Crippen LogP contribution in [0.5, 0.6) is 0 Å². The van der Waals surface area contributed by atoms with E-state index >= 15 is 0 Å². The minimum Gasteiger partial charge on any atom is -0.395 e. The van der Waals surface area contributed by atoms with Crippen LogP contribution in [-0.2, 0) is 4.79 Å². The summed E-state index contributed by atoms with van der Waals surface area (Å²) in [4.78, 5) is 17.1. The van der Waals surface area contributed by atoms with Crippen molar-refractivity contribution >= 4 is 11.6 Å². The van der Waals surface area contributed by atoms with Crippen molar-refractivity contribution in [3.8, 4) is 6.07 Å². The number of nitrogens with one attached hydrogen (secondary N) is 1. The number of hydrogen-bond acceptors (Lipinski definition) is 6. The first-order valence-electron chi connectivity index (χ1n) is 6.00. The Balaban J connectivity index is 2.78. The zero-order valence-corrected chi connectivity index (χ0v) is 10.9. The second-order valence-electron chi connectivity index (χ2n) is 3.80. The number of aromatic nitrogens is 1. The number of carbonyl (C=O) groups is 1. The van der Waals surface area contributed by atoms with E-state index in [-0.39, 0.29) is 31.9 Å². The fraction of sp³-hybridized carbons (Fsp3) is 0.308. The fourth-order valence-electron chi connectivity index (χ4n) is 1.47. The van der Waals surface area contributed by atoms with Crippen LogP contribution in [0.15, 0.2) is 36.3 Å². The van der Waals surface area contributed by atoms with Crippen molar-refractivity contribution in [3.05, 3.63) is 36.3 Å². The van der Waals surface area contributed by atoms with E-state index in [9.17, 15) is 4.79 Å². The van der Waals surface area contributed by atoms with E-state index in [0.29, 0.717) is 5.69 Å². The van der Waals surface area contributed by atoms with Gasteiger partial charge in [0.05, 0.1) is 25.1 Å². The van der Waals surface area contributed by atoms with E-state index in [0.717, 1.165) is 0 Å². The molecule has 106 valence electrons. The SMILES string of the molecule is N#C/C(=C/Nc1cccnc1)C(=O)N(CCO)CCO. The van der Waals surface area contributed by atoms with E-state index < -0.39 is 5.91 Å². The Bertz CT molecular complexity index is 490. The molecule has 1 aromatic rings. The number of nitrogens with zero attached hydrogens (tertiary/aromatic N) is 3. The topological polar surface area (TPSA) is 109 Å². The molecular formula is C13H16N4O3. The normalized spacial score (nSPS) is 10.8. The Morgan fingerprint density at radius 1 is 1.45 bits per heavy atom. The average molecular weight is 276 g/mol. The number of aliphatic hydroxyl groups is 2. The highest BCUT2D eigenvalue weighted by Crippen LogP contribution is 2.06. The lowest BCUT2D eigenvalue weighted by molar-refractivity contribution is -0.127. The maximum absolute atomic E-state index is 12.0. The van der Waals surface area contributed by atoms with Gasteiger partial charge in [0, 0.05) is 25.5 Å². The van der Waals surface area contributed by atoms with E-state index in [1.807, 2.05) is 0 Å². The molecule has 1 amide bonds. The number of carbonyl (C=O) groups excluding carboxylic acids is 1. The van der Waals surface area contributed by atoms with Crippen molar-refractivity contribution in [2.75, 3.05) is 31.6 Å². The van der Waals surface area contributed by atoms with Gasteiger partial charge in [-0.25, -0.2) is 0 Å². The zero-order chi connectivity index (χ0) is 14.8. The molecule has 0 aliphatic heterocycles. The van der Waals surface area contributed by atoms with Gasteiger partial charge in [0.2, 0.25) is 0 Å². The van der Waals surface area contributed by atoms with E-state index in [1.54, 1.807) is 30.6 Å². The molecule has 3 N–H and O–H groups in total. The van der Waals surface area contributed by atoms with Gasteiger partial charge in [0.15, 0.2) is 0 Å². The van der Waals surface area contributed by atoms with Crippen LogP contribution in [0.1, 0.15) is 0 Å². The van der Waals surface area contributed by atoms with Crippen LogP contribution in [0.2, 0.25) is 0 Å². The summed E-state index contributed by atoms with van der Waals surface area (Å²) in [7, 11) is 0. The third-order valence-corrected chi connectivity index (χ3v) is 2.42. The van der Waals surface area contributed by atoms with Gasteiger partial charge in [0.25, 0.3) is 5.91 Å². The van der Waals surface area contributed by atoms with E-state index in [4.69, 9.17) is 15.5 Å². The molecule has 0 spiro atoms. The molecule has 7 heteroatoms. The summed E-state index contributed by atoms with van der Waals surface area (Å²) in [5.41, 5.74) is 0.527. The number of rotatable bonds is 7. The summed E-state index contributed by atoms with van der Waals surface area (Å²) in [5, 5.41) is 29.6. The Morgan fingerprint density at radius 2 is 2.15 bits per heavy atom. The lowest BCUT2D eigenvalue weighted by atomic mass is 10.2. The Hall–Kier alpha value is -2.43. The van der Waals surface area contributed by atoms with Gasteiger partial charge >= 0.3 is 0 Å². The molecule has 0 aromatic carbocycles. The molecule has 0 aliphatic carbocycles. The highest BCUT2D eigenvalue weighted by atomic mass is 16.3. The van der Waals surface area contributed by atoms with Gasteiger partial charge in [-0.05, 0) is 12.1 Å². The van der Waals surface area contributed by atoms with Crippen LogP contribution in [0.3, 0.4) is 0 Å². The summed E-state index contributed by atoms with van der Waals surface area (Å²) in [5.74, 6) is -0.549. The van der Waals surface area contributed by atoms with Crippen molar-refractivity contribution in [3.63, 3.8) is 0 Å². The van der Waals surface area contributed by atoms with Crippen molar-refractivity contribution < 1.29 is 15.0 Å². The summed E-state index contributed by atoms with van der Waals surface area (Å²) in [6.07, 6.45) is 4.44. The third kappa shape index (κ3) is 4.68. The first-order chi connectivity index (χ1) is 9.72. The highest BCUT2D eigenvalue weighted by molar-refractivity contribution is 5.97. The molecule has 0 atom stereocenters. The third-order valence-electron chi connectivity index (χ3n) is 2.42. The number of hydrogen-bond donors (Lipinski definition) is 3. The molecular weight excluding hydrogens is 260 g/mol. The molecule has 20 heavy (non-hydrogen) atoms. The maximum atomic E-state index is 12.0. The van der Waals surface area contributed by atoms with Crippen LogP contribution < -0.4 is 5.32 Å². The molecule has 1 heterocycles. The number of nitriles is 1. The van der Waals surface area contributed by atoms with Gasteiger partial charge in [-0.2, -0.15) is 5.26 Å². The summed E-state index contributed by atoms with van der Waals surface area (Å²) in [6, 6.07) is 5.25. The summed E-state index contributed by atoms with van der Waals surface area (Å²) >= 11 is 0. The van der Waals surface area contributed by atoms with Crippen molar-refractivity contribution in [1.82, 2.24) is 9.88 Å². The van der Waals surface area contributed by atoms with Crippen LogP contribution in [0, 0.1) is 11.3 Å². The molecule has 1 aromatic heterocycles. The Labute approximate surface area is 116 Å². The Morgan fingerprint density at radius 3 is 2.65 bits per heavy atom. The van der Waals surface area contributed by atoms with Crippen molar-refractivity contribution in [1.29, 1.82) is 5.26 Å². The molecule has 0 saturated heterocycles. The minimum absolute atomic E-state index is 0.0608. The van der Waals surface area contributed by atoms with Gasteiger partial charge in [-0.1, -0.05) is 0 Å². The van der Waals surface area contributed by atoms with Crippen LogP contribution in [-0.4, -0.2) is 52.3 Å². The largest absolute Gasteiger partial charge is 0.395 e. The molecule has 0 radical (unpaired) electrons. The van der Waals surface area contributed by atoms with E-state index in [2.05, 4.69) is 10.3 Å². The summed E-state index contributed by atoms with van der Waals surface area (Å²) < 4.78 is 0. The number of aliphatic hydroxyl groups excluding tert-OH is 2. The first-order valence-corrected chi connectivity index (χ1v) is 6.00. The number of amides is 1. The van der Waals surface area contributed by atoms with Crippen LogP contribution in [0.4, 0.5) is 5.69 Å². The second kappa shape index (κ2) is 8.63. The van der Waals surface area contributed by atoms with Gasteiger partial charge in [-0.15, -0.1) is 0 Å². The van der Waals surface area contributed by atoms with E-state index in [1.165, 1.54) is 11.1 Å². The number of anilines is 1. The second-order valence-corrected chi connectivity index (χ2v) is 3.80. The molecule has 0 aliphatic rings. The van der Waals surface area contributed by atoms with Crippen molar-refractivity contribution in [2.24, 2.45) is 0 Å². The van der Waals surface area contributed by atoms with Crippen LogP contribution in [0.25, 0.3) is 0 Å². The van der Waals surface area contributed by atoms with Crippen molar-refractivity contribution in [2.45, 2.75) is 0 Å². The van der Waals surface area contributed by atoms with Gasteiger partial charge in [0.1, 0.15) is 11.6 Å². The molecule has 1 rings (SSSR count). The molecule has 0 unspecified atom stereocenters. The molecule has 7 nitrogen and oxygen atoms in total. The predicted molar refractivity (Wildman–Crippen MR) is 72.3 cm³/mol. The fourth-order valence-corrected chi connectivity index (χ4v) is 1.47. The van der Waals surface area contributed by atoms with Gasteiger partial charge < -0.3 is 20.4 Å². The number of pyridine rings is 1. The minimum atomic E-state index is -0.549. The monoisotopic (exact) mass is 276 g/mol. The average Bonchev–Trinajstić information content (AvgIpc) is 2.48. The maximum Gasteiger partial charge on any atom is 0.266 e. The first kappa shape index (κ1) is 15.6. The smallest absolute Gasteiger partial charge is 0.266 e. The molecule has 0 bridgehead atoms. The summed E-state index contributed by atoms with van der Waals surface area (Å²) in [6.45, 7) is -0.350. The highest BCUT2D eigenvalue weighted by Gasteiger charge is 2.17. The van der Waals surface area contributed by atoms with Crippen LogP contribution >= 0.6 is 0 Å². The molecule has 0 fully saturated rings. The standard InChI is InChI=1S/C13H16N4O3/c14-8-11(9-16-12-2-1-3-15-10-12)13(20)17(4-6-18)5-7-19/h1-3,9-10,16,18-19H,4-7H2/b11-9-.